The van der Waals surface area contributed by atoms with E-state index in [0.717, 1.165) is 47.3 Å². The van der Waals surface area contributed by atoms with E-state index in [1.165, 1.54) is 36.6 Å². The Morgan fingerprint density at radius 1 is 1.09 bits per heavy atom. The Balaban J connectivity index is 1.65. The summed E-state index contributed by atoms with van der Waals surface area (Å²) in [5.74, 6) is -1.05. The highest BCUT2D eigenvalue weighted by Gasteiger charge is 2.28. The van der Waals surface area contributed by atoms with Gasteiger partial charge in [-0.1, -0.05) is 23.7 Å². The van der Waals surface area contributed by atoms with Gasteiger partial charge in [0.2, 0.25) is 0 Å². The van der Waals surface area contributed by atoms with Crippen LogP contribution < -0.4 is 10.0 Å². The minimum absolute atomic E-state index is 0.0128. The maximum Gasteiger partial charge on any atom is 0.341 e. The largest absolute Gasteiger partial charge is 0.465 e. The summed E-state index contributed by atoms with van der Waals surface area (Å²) in [6, 6.07) is 9.35. The van der Waals surface area contributed by atoms with Crippen molar-refractivity contribution < 1.29 is 22.7 Å². The summed E-state index contributed by atoms with van der Waals surface area (Å²) in [5, 5.41) is 3.18. The Hall–Kier alpha value is -2.88. The van der Waals surface area contributed by atoms with Crippen molar-refractivity contribution in [1.82, 2.24) is 0 Å². The number of sulfonamides is 1. The third-order valence-corrected chi connectivity index (χ3v) is 9.17. The van der Waals surface area contributed by atoms with Crippen molar-refractivity contribution in [3.8, 4) is 0 Å². The second-order valence-electron chi connectivity index (χ2n) is 8.36. The number of carbonyl (C=O) groups excluding carboxylic acids is 2. The molecule has 0 atom stereocenters. The van der Waals surface area contributed by atoms with E-state index >= 15 is 0 Å². The number of hydrogen-bond acceptors (Lipinski definition) is 6. The third kappa shape index (κ3) is 5.07. The number of rotatable bonds is 6. The molecule has 4 rings (SSSR count). The van der Waals surface area contributed by atoms with Gasteiger partial charge in [-0.25, -0.2) is 13.2 Å². The second-order valence-corrected chi connectivity index (χ2v) is 11.5. The highest BCUT2D eigenvalue weighted by Crippen LogP contribution is 2.39. The molecule has 184 valence electrons. The first kappa shape index (κ1) is 25.2. The SMILES string of the molecule is COC(=O)c1c(NC(=O)c2ccc(Cl)c(S(=O)(=O)Nc3cccc(C)c3C)c2)sc2c1CCCC2. The molecule has 2 N–H and O–H groups in total. The Morgan fingerprint density at radius 2 is 1.83 bits per heavy atom. The zero-order valence-corrected chi connectivity index (χ0v) is 21.9. The number of nitrogens with one attached hydrogen (secondary N) is 2. The van der Waals surface area contributed by atoms with E-state index in [-0.39, 0.29) is 15.5 Å². The molecule has 0 unspecified atom stereocenters. The first-order chi connectivity index (χ1) is 16.6. The van der Waals surface area contributed by atoms with Crippen molar-refractivity contribution in [3.05, 3.63) is 74.1 Å². The molecule has 1 aliphatic carbocycles. The molecule has 2 aromatic carbocycles. The number of esters is 1. The van der Waals surface area contributed by atoms with Gasteiger partial charge in [-0.05, 0) is 80.5 Å². The smallest absolute Gasteiger partial charge is 0.341 e. The molecule has 7 nitrogen and oxygen atoms in total. The van der Waals surface area contributed by atoms with Crippen LogP contribution in [0.25, 0.3) is 0 Å². The first-order valence-corrected chi connectivity index (χ1v) is 13.7. The fourth-order valence-electron chi connectivity index (χ4n) is 4.06. The normalized spacial score (nSPS) is 13.1. The van der Waals surface area contributed by atoms with Crippen molar-refractivity contribution in [2.24, 2.45) is 0 Å². The molecule has 0 saturated carbocycles. The molecule has 0 radical (unpaired) electrons. The monoisotopic (exact) mass is 532 g/mol. The zero-order valence-electron chi connectivity index (χ0n) is 19.5. The van der Waals surface area contributed by atoms with Crippen LogP contribution in [0.3, 0.4) is 0 Å². The molecule has 1 amide bonds. The zero-order chi connectivity index (χ0) is 25.3. The van der Waals surface area contributed by atoms with Gasteiger partial charge in [-0.15, -0.1) is 11.3 Å². The van der Waals surface area contributed by atoms with Gasteiger partial charge in [0.1, 0.15) is 9.90 Å². The molecule has 0 saturated heterocycles. The molecule has 1 heterocycles. The quantitative estimate of drug-likeness (QED) is 0.394. The van der Waals surface area contributed by atoms with E-state index in [2.05, 4.69) is 10.0 Å². The number of aryl methyl sites for hydroxylation is 2. The first-order valence-electron chi connectivity index (χ1n) is 11.0. The van der Waals surface area contributed by atoms with Crippen LogP contribution in [-0.4, -0.2) is 27.4 Å². The predicted molar refractivity (Wildman–Crippen MR) is 138 cm³/mol. The topological polar surface area (TPSA) is 102 Å². The lowest BCUT2D eigenvalue weighted by Crippen LogP contribution is -2.18. The Labute approximate surface area is 213 Å². The number of ether oxygens (including phenoxy) is 1. The van der Waals surface area contributed by atoms with Crippen LogP contribution in [0.5, 0.6) is 0 Å². The predicted octanol–water partition coefficient (Wildman–Crippen LogP) is 5.74. The van der Waals surface area contributed by atoms with Gasteiger partial charge in [0.05, 0.1) is 23.4 Å². The third-order valence-electron chi connectivity index (χ3n) is 6.12. The summed E-state index contributed by atoms with van der Waals surface area (Å²) in [5.41, 5.74) is 3.54. The van der Waals surface area contributed by atoms with Crippen molar-refractivity contribution in [2.45, 2.75) is 44.4 Å². The molecule has 35 heavy (non-hydrogen) atoms. The highest BCUT2D eigenvalue weighted by atomic mass is 35.5. The van der Waals surface area contributed by atoms with Gasteiger partial charge >= 0.3 is 5.97 Å². The van der Waals surface area contributed by atoms with Gasteiger partial charge < -0.3 is 10.1 Å². The summed E-state index contributed by atoms with van der Waals surface area (Å²) in [4.78, 5) is 26.4. The van der Waals surface area contributed by atoms with Gasteiger partial charge in [-0.3, -0.25) is 9.52 Å². The molecule has 10 heteroatoms. The van der Waals surface area contributed by atoms with E-state index in [1.54, 1.807) is 12.1 Å². The van der Waals surface area contributed by atoms with E-state index < -0.39 is 21.9 Å². The van der Waals surface area contributed by atoms with Gasteiger partial charge in [0.25, 0.3) is 15.9 Å². The number of amides is 1. The summed E-state index contributed by atoms with van der Waals surface area (Å²) >= 11 is 7.58. The lowest BCUT2D eigenvalue weighted by Gasteiger charge is -2.14. The summed E-state index contributed by atoms with van der Waals surface area (Å²) in [7, 11) is -2.77. The minimum Gasteiger partial charge on any atom is -0.465 e. The molecule has 0 spiro atoms. The van der Waals surface area contributed by atoms with Crippen molar-refractivity contribution in [2.75, 3.05) is 17.1 Å². The van der Waals surface area contributed by atoms with E-state index in [9.17, 15) is 18.0 Å². The molecule has 1 aliphatic rings. The van der Waals surface area contributed by atoms with Crippen LogP contribution in [0, 0.1) is 13.8 Å². The lowest BCUT2D eigenvalue weighted by molar-refractivity contribution is 0.0601. The van der Waals surface area contributed by atoms with Crippen LogP contribution in [0.1, 0.15) is 55.1 Å². The number of thiophene rings is 1. The van der Waals surface area contributed by atoms with Crippen LogP contribution in [0.4, 0.5) is 10.7 Å². The summed E-state index contributed by atoms with van der Waals surface area (Å²) < 4.78 is 33.8. The maximum atomic E-state index is 13.1. The average Bonchev–Trinajstić information content (AvgIpc) is 3.19. The van der Waals surface area contributed by atoms with E-state index in [4.69, 9.17) is 16.3 Å². The molecular formula is C25H25ClN2O5S2. The van der Waals surface area contributed by atoms with Crippen molar-refractivity contribution >= 4 is 55.5 Å². The van der Waals surface area contributed by atoms with E-state index in [1.807, 2.05) is 19.9 Å². The van der Waals surface area contributed by atoms with Crippen LogP contribution in [0.15, 0.2) is 41.3 Å². The van der Waals surface area contributed by atoms with E-state index in [0.29, 0.717) is 16.3 Å². The number of methoxy groups -OCH3 is 1. The van der Waals surface area contributed by atoms with Crippen LogP contribution >= 0.6 is 22.9 Å². The highest BCUT2D eigenvalue weighted by molar-refractivity contribution is 7.92. The summed E-state index contributed by atoms with van der Waals surface area (Å²) in [6.07, 6.45) is 3.58. The Morgan fingerprint density at radius 3 is 2.57 bits per heavy atom. The van der Waals surface area contributed by atoms with Gasteiger partial charge in [0, 0.05) is 10.4 Å². The fraction of sp³-hybridized carbons (Fsp3) is 0.280. The van der Waals surface area contributed by atoms with Gasteiger partial charge in [0.15, 0.2) is 0 Å². The molecular weight excluding hydrogens is 508 g/mol. The Bertz CT molecular complexity index is 1430. The minimum atomic E-state index is -4.07. The van der Waals surface area contributed by atoms with Crippen LogP contribution in [0.2, 0.25) is 5.02 Å². The van der Waals surface area contributed by atoms with Crippen LogP contribution in [-0.2, 0) is 27.6 Å². The average molecular weight is 533 g/mol. The molecule has 3 aromatic rings. The number of halogens is 1. The number of benzene rings is 2. The summed E-state index contributed by atoms with van der Waals surface area (Å²) in [6.45, 7) is 3.70. The number of hydrogen-bond donors (Lipinski definition) is 2. The van der Waals surface area contributed by atoms with Gasteiger partial charge in [-0.2, -0.15) is 0 Å². The molecule has 0 aliphatic heterocycles. The van der Waals surface area contributed by atoms with Crippen molar-refractivity contribution in [1.29, 1.82) is 0 Å². The Kier molecular flexibility index (Phi) is 7.21. The number of fused-ring (bicyclic) bond motifs is 1. The standard InChI is InChI=1S/C25H25ClN2O5S2/c1-14-7-6-9-19(15(14)2)28-35(31,32)21-13-16(11-12-18(21)26)23(29)27-24-22(25(30)33-3)17-8-4-5-10-20(17)34-24/h6-7,9,11-13,28H,4-5,8,10H2,1-3H3,(H,27,29). The van der Waals surface area contributed by atoms with Crippen molar-refractivity contribution in [3.63, 3.8) is 0 Å². The maximum absolute atomic E-state index is 13.1. The molecule has 0 bridgehead atoms. The molecule has 0 fully saturated rings. The molecule has 1 aromatic heterocycles. The number of carbonyl (C=O) groups is 2. The number of anilines is 2. The lowest BCUT2D eigenvalue weighted by atomic mass is 9.95. The second kappa shape index (κ2) is 10.0. The fourth-order valence-corrected chi connectivity index (χ4v) is 6.98.